The Bertz CT molecular complexity index is 737. The average molecular weight is 314 g/mol. The molecule has 1 aromatic heterocycles. The molecule has 2 aromatic carbocycles. The average Bonchev–Trinajstić information content (AvgIpc) is 2.97. The zero-order chi connectivity index (χ0) is 15.4. The predicted molar refractivity (Wildman–Crippen MR) is 91.4 cm³/mol. The Morgan fingerprint density at radius 1 is 1.05 bits per heavy atom. The van der Waals surface area contributed by atoms with Crippen molar-refractivity contribution in [2.75, 3.05) is 26.1 Å². The Morgan fingerprint density at radius 2 is 1.86 bits per heavy atom. The fraction of sp³-hybridized carbons (Fsp3) is 0.235. The van der Waals surface area contributed by atoms with Gasteiger partial charge in [0, 0.05) is 6.54 Å². The van der Waals surface area contributed by atoms with Gasteiger partial charge in [-0.25, -0.2) is 4.98 Å². The van der Waals surface area contributed by atoms with E-state index in [2.05, 4.69) is 22.4 Å². The minimum Gasteiger partial charge on any atom is -0.493 e. The summed E-state index contributed by atoms with van der Waals surface area (Å²) in [5.41, 5.74) is 2.24. The van der Waals surface area contributed by atoms with Crippen molar-refractivity contribution in [3.8, 4) is 11.5 Å². The van der Waals surface area contributed by atoms with Crippen LogP contribution in [0.3, 0.4) is 0 Å². The van der Waals surface area contributed by atoms with Crippen LogP contribution in [0, 0.1) is 0 Å². The van der Waals surface area contributed by atoms with Gasteiger partial charge in [-0.1, -0.05) is 29.5 Å². The van der Waals surface area contributed by atoms with E-state index in [0.717, 1.165) is 35.1 Å². The van der Waals surface area contributed by atoms with Crippen molar-refractivity contribution in [2.45, 2.75) is 6.42 Å². The molecule has 0 saturated carbocycles. The van der Waals surface area contributed by atoms with Gasteiger partial charge in [-0.15, -0.1) is 0 Å². The van der Waals surface area contributed by atoms with Gasteiger partial charge >= 0.3 is 0 Å². The van der Waals surface area contributed by atoms with E-state index in [1.807, 2.05) is 30.3 Å². The number of thiazole rings is 1. The highest BCUT2D eigenvalue weighted by Gasteiger charge is 2.05. The molecule has 0 aliphatic carbocycles. The third kappa shape index (κ3) is 3.14. The van der Waals surface area contributed by atoms with Crippen molar-refractivity contribution >= 4 is 26.7 Å². The van der Waals surface area contributed by atoms with Crippen molar-refractivity contribution in [3.05, 3.63) is 48.0 Å². The van der Waals surface area contributed by atoms with Gasteiger partial charge in [0.2, 0.25) is 0 Å². The van der Waals surface area contributed by atoms with Gasteiger partial charge < -0.3 is 14.8 Å². The van der Waals surface area contributed by atoms with E-state index in [1.165, 1.54) is 10.3 Å². The van der Waals surface area contributed by atoms with Crippen LogP contribution in [0.25, 0.3) is 10.2 Å². The Morgan fingerprint density at radius 3 is 2.64 bits per heavy atom. The molecule has 0 unspecified atom stereocenters. The molecular weight excluding hydrogens is 296 g/mol. The molecule has 3 aromatic rings. The van der Waals surface area contributed by atoms with Crippen LogP contribution in [0.1, 0.15) is 5.56 Å². The van der Waals surface area contributed by atoms with E-state index in [4.69, 9.17) is 9.47 Å². The monoisotopic (exact) mass is 314 g/mol. The molecule has 0 spiro atoms. The predicted octanol–water partition coefficient (Wildman–Crippen LogP) is 3.97. The zero-order valence-corrected chi connectivity index (χ0v) is 13.4. The van der Waals surface area contributed by atoms with E-state index in [0.29, 0.717) is 0 Å². The first kappa shape index (κ1) is 14.7. The van der Waals surface area contributed by atoms with Crippen LogP contribution in [0.15, 0.2) is 42.5 Å². The molecule has 0 bridgehead atoms. The van der Waals surface area contributed by atoms with Crippen molar-refractivity contribution in [1.82, 2.24) is 4.98 Å². The largest absolute Gasteiger partial charge is 0.493 e. The number of ether oxygens (including phenoxy) is 2. The summed E-state index contributed by atoms with van der Waals surface area (Å²) in [7, 11) is 3.30. The quantitative estimate of drug-likeness (QED) is 0.747. The molecule has 5 heteroatoms. The minimum absolute atomic E-state index is 0.755. The lowest BCUT2D eigenvalue weighted by Gasteiger charge is -2.09. The van der Waals surface area contributed by atoms with Crippen molar-refractivity contribution in [1.29, 1.82) is 0 Å². The third-order valence-electron chi connectivity index (χ3n) is 3.43. The number of hydrogen-bond acceptors (Lipinski definition) is 5. The molecular formula is C17H18N2O2S. The molecule has 3 rings (SSSR count). The molecule has 0 fully saturated rings. The normalized spacial score (nSPS) is 10.6. The van der Waals surface area contributed by atoms with Crippen LogP contribution in [0.5, 0.6) is 11.5 Å². The van der Waals surface area contributed by atoms with Gasteiger partial charge in [0.05, 0.1) is 24.4 Å². The van der Waals surface area contributed by atoms with E-state index in [1.54, 1.807) is 25.6 Å². The number of fused-ring (bicyclic) bond motifs is 1. The summed E-state index contributed by atoms with van der Waals surface area (Å²) >= 11 is 1.68. The van der Waals surface area contributed by atoms with Crippen LogP contribution < -0.4 is 14.8 Å². The summed E-state index contributed by atoms with van der Waals surface area (Å²) in [4.78, 5) is 4.57. The maximum absolute atomic E-state index is 5.33. The highest BCUT2D eigenvalue weighted by Crippen LogP contribution is 2.28. The first-order chi connectivity index (χ1) is 10.8. The van der Waals surface area contributed by atoms with E-state index < -0.39 is 0 Å². The number of nitrogens with zero attached hydrogens (tertiary/aromatic N) is 1. The molecule has 0 radical (unpaired) electrons. The molecule has 0 aliphatic heterocycles. The van der Waals surface area contributed by atoms with Crippen molar-refractivity contribution in [2.24, 2.45) is 0 Å². The molecule has 22 heavy (non-hydrogen) atoms. The molecule has 1 N–H and O–H groups in total. The fourth-order valence-electron chi connectivity index (χ4n) is 2.30. The SMILES string of the molecule is COc1ccc(CCNc2nc3ccccc3s2)cc1OC. The maximum atomic E-state index is 5.33. The standard InChI is InChI=1S/C17H18N2O2S/c1-20-14-8-7-12(11-15(14)21-2)9-10-18-17-19-13-5-3-4-6-16(13)22-17/h3-8,11H,9-10H2,1-2H3,(H,18,19). The number of benzene rings is 2. The van der Waals surface area contributed by atoms with E-state index in [9.17, 15) is 0 Å². The second-order valence-electron chi connectivity index (χ2n) is 4.85. The van der Waals surface area contributed by atoms with Gasteiger partial charge in [-0.3, -0.25) is 0 Å². The lowest BCUT2D eigenvalue weighted by molar-refractivity contribution is 0.354. The lowest BCUT2D eigenvalue weighted by atomic mass is 10.1. The molecule has 1 heterocycles. The number of nitrogens with one attached hydrogen (secondary N) is 1. The number of para-hydroxylation sites is 1. The van der Waals surface area contributed by atoms with E-state index >= 15 is 0 Å². The lowest BCUT2D eigenvalue weighted by Crippen LogP contribution is -2.04. The topological polar surface area (TPSA) is 43.4 Å². The van der Waals surface area contributed by atoms with Crippen molar-refractivity contribution in [3.63, 3.8) is 0 Å². The second-order valence-corrected chi connectivity index (χ2v) is 5.88. The molecule has 0 atom stereocenters. The Balaban J connectivity index is 1.63. The summed E-state index contributed by atoms with van der Waals surface area (Å²) in [6, 6.07) is 14.2. The number of methoxy groups -OCH3 is 2. The highest BCUT2D eigenvalue weighted by molar-refractivity contribution is 7.22. The van der Waals surface area contributed by atoms with Gasteiger partial charge in [-0.05, 0) is 36.2 Å². The first-order valence-corrected chi connectivity index (χ1v) is 7.92. The third-order valence-corrected chi connectivity index (χ3v) is 4.43. The van der Waals surface area contributed by atoms with Gasteiger partial charge in [0.15, 0.2) is 16.6 Å². The highest BCUT2D eigenvalue weighted by atomic mass is 32.1. The molecule has 0 saturated heterocycles. The van der Waals surface area contributed by atoms with E-state index in [-0.39, 0.29) is 0 Å². The Labute approximate surface area is 133 Å². The second kappa shape index (κ2) is 6.66. The number of aromatic nitrogens is 1. The summed E-state index contributed by atoms with van der Waals surface area (Å²) in [6.07, 6.45) is 0.899. The van der Waals surface area contributed by atoms with Crippen LogP contribution in [-0.2, 0) is 6.42 Å². The van der Waals surface area contributed by atoms with Gasteiger partial charge in [-0.2, -0.15) is 0 Å². The minimum atomic E-state index is 0.755. The van der Waals surface area contributed by atoms with Crippen LogP contribution >= 0.6 is 11.3 Å². The first-order valence-electron chi connectivity index (χ1n) is 7.10. The molecule has 0 aliphatic rings. The van der Waals surface area contributed by atoms with Crippen LogP contribution in [0.4, 0.5) is 5.13 Å². The summed E-state index contributed by atoms with van der Waals surface area (Å²) in [6.45, 7) is 0.829. The van der Waals surface area contributed by atoms with Gasteiger partial charge in [0.25, 0.3) is 0 Å². The van der Waals surface area contributed by atoms with Crippen molar-refractivity contribution < 1.29 is 9.47 Å². The Kier molecular flexibility index (Phi) is 4.44. The van der Waals surface area contributed by atoms with Crippen LogP contribution in [-0.4, -0.2) is 25.7 Å². The summed E-state index contributed by atoms with van der Waals surface area (Å²) in [5.74, 6) is 1.52. The Hall–Kier alpha value is -2.27. The summed E-state index contributed by atoms with van der Waals surface area (Å²) < 4.78 is 11.8. The molecule has 4 nitrogen and oxygen atoms in total. The smallest absolute Gasteiger partial charge is 0.183 e. The van der Waals surface area contributed by atoms with Crippen LogP contribution in [0.2, 0.25) is 0 Å². The zero-order valence-electron chi connectivity index (χ0n) is 12.6. The maximum Gasteiger partial charge on any atom is 0.183 e. The number of hydrogen-bond donors (Lipinski definition) is 1. The summed E-state index contributed by atoms with van der Waals surface area (Å²) in [5, 5.41) is 4.34. The molecule has 114 valence electrons. The fourth-order valence-corrected chi connectivity index (χ4v) is 3.19. The number of rotatable bonds is 6. The molecule has 0 amide bonds. The van der Waals surface area contributed by atoms with Gasteiger partial charge in [0.1, 0.15) is 0 Å². The number of anilines is 1.